The van der Waals surface area contributed by atoms with Gasteiger partial charge in [0.05, 0.1) is 12.1 Å². The second kappa shape index (κ2) is 5.25. The average molecular weight is 274 g/mol. The standard InChI is InChI=1S/C15H18N2O3/c1-11(18)14-8-7-13-9-16(14)15(19)17(13)20-10-12-5-3-2-4-6-12/h2-6,13-14H,7-10H2,1H3/t13-,14+/m1/s1. The lowest BCUT2D eigenvalue weighted by Crippen LogP contribution is -2.44. The van der Waals surface area contributed by atoms with E-state index in [4.69, 9.17) is 4.84 Å². The highest BCUT2D eigenvalue weighted by Gasteiger charge is 2.46. The highest BCUT2D eigenvalue weighted by molar-refractivity contribution is 5.88. The number of carbonyl (C=O) groups excluding carboxylic acids is 2. The molecule has 20 heavy (non-hydrogen) atoms. The van der Waals surface area contributed by atoms with Crippen LogP contribution >= 0.6 is 0 Å². The number of benzene rings is 1. The van der Waals surface area contributed by atoms with Crippen molar-refractivity contribution in [1.82, 2.24) is 9.96 Å². The summed E-state index contributed by atoms with van der Waals surface area (Å²) in [6, 6.07) is 9.38. The summed E-state index contributed by atoms with van der Waals surface area (Å²) in [5, 5.41) is 1.45. The van der Waals surface area contributed by atoms with Crippen LogP contribution in [0.25, 0.3) is 0 Å². The highest BCUT2D eigenvalue weighted by atomic mass is 16.7. The number of urea groups is 1. The van der Waals surface area contributed by atoms with Crippen molar-refractivity contribution >= 4 is 11.8 Å². The van der Waals surface area contributed by atoms with Crippen molar-refractivity contribution < 1.29 is 14.4 Å². The Hall–Kier alpha value is -1.88. The molecule has 0 unspecified atom stereocenters. The molecule has 2 saturated heterocycles. The molecule has 0 N–H and O–H groups in total. The van der Waals surface area contributed by atoms with E-state index in [1.54, 1.807) is 11.8 Å². The Morgan fingerprint density at radius 2 is 2.05 bits per heavy atom. The molecule has 2 aliphatic heterocycles. The fraction of sp³-hybridized carbons (Fsp3) is 0.467. The summed E-state index contributed by atoms with van der Waals surface area (Å²) >= 11 is 0. The van der Waals surface area contributed by atoms with E-state index in [1.165, 1.54) is 5.06 Å². The largest absolute Gasteiger partial charge is 0.344 e. The molecule has 2 amide bonds. The van der Waals surface area contributed by atoms with Crippen molar-refractivity contribution in [2.75, 3.05) is 6.54 Å². The zero-order chi connectivity index (χ0) is 14.1. The lowest BCUT2D eigenvalue weighted by atomic mass is 9.98. The molecule has 0 radical (unpaired) electrons. The number of rotatable bonds is 4. The first-order valence-electron chi connectivity index (χ1n) is 6.94. The first kappa shape index (κ1) is 13.1. The van der Waals surface area contributed by atoms with E-state index in [1.807, 2.05) is 30.3 Å². The predicted molar refractivity (Wildman–Crippen MR) is 72.7 cm³/mol. The number of hydroxylamine groups is 2. The summed E-state index contributed by atoms with van der Waals surface area (Å²) in [7, 11) is 0. The minimum atomic E-state index is -0.274. The first-order valence-corrected chi connectivity index (χ1v) is 6.94. The minimum absolute atomic E-state index is 0.0571. The van der Waals surface area contributed by atoms with Crippen LogP contribution in [0.3, 0.4) is 0 Å². The number of Topliss-reactive ketones (excluding diaryl/α,β-unsaturated/α-hetero) is 1. The third kappa shape index (κ3) is 2.29. The molecule has 2 aliphatic rings. The van der Waals surface area contributed by atoms with Gasteiger partial charge in [0, 0.05) is 6.54 Å². The molecular formula is C15H18N2O3. The van der Waals surface area contributed by atoms with Crippen LogP contribution in [0.4, 0.5) is 4.79 Å². The van der Waals surface area contributed by atoms with Gasteiger partial charge in [-0.15, -0.1) is 0 Å². The Labute approximate surface area is 118 Å². The maximum absolute atomic E-state index is 12.3. The predicted octanol–water partition coefficient (Wildman–Crippen LogP) is 1.98. The molecular weight excluding hydrogens is 256 g/mol. The van der Waals surface area contributed by atoms with Crippen molar-refractivity contribution in [2.24, 2.45) is 0 Å². The summed E-state index contributed by atoms with van der Waals surface area (Å²) in [4.78, 5) is 31.2. The summed E-state index contributed by atoms with van der Waals surface area (Å²) in [5.74, 6) is 0.0571. The SMILES string of the molecule is CC(=O)[C@@H]1CC[C@@H]2CN1C(=O)N2OCc1ccccc1. The molecule has 2 atom stereocenters. The van der Waals surface area contributed by atoms with Crippen LogP contribution in [0, 0.1) is 0 Å². The van der Waals surface area contributed by atoms with Gasteiger partial charge < -0.3 is 4.90 Å². The third-order valence-corrected chi connectivity index (χ3v) is 4.01. The van der Waals surface area contributed by atoms with Crippen molar-refractivity contribution in [3.63, 3.8) is 0 Å². The highest BCUT2D eigenvalue weighted by Crippen LogP contribution is 2.30. The van der Waals surface area contributed by atoms with Crippen LogP contribution in [-0.4, -0.2) is 40.4 Å². The number of fused-ring (bicyclic) bond motifs is 2. The first-order chi connectivity index (χ1) is 9.66. The van der Waals surface area contributed by atoms with Crippen molar-refractivity contribution in [3.05, 3.63) is 35.9 Å². The number of piperidine rings is 1. The molecule has 2 bridgehead atoms. The fourth-order valence-corrected chi connectivity index (χ4v) is 2.94. The van der Waals surface area contributed by atoms with E-state index in [2.05, 4.69) is 0 Å². The van der Waals surface area contributed by atoms with Gasteiger partial charge in [-0.05, 0) is 25.3 Å². The van der Waals surface area contributed by atoms with Gasteiger partial charge in [-0.3, -0.25) is 9.63 Å². The Morgan fingerprint density at radius 3 is 2.75 bits per heavy atom. The van der Waals surface area contributed by atoms with Gasteiger partial charge in [0.2, 0.25) is 0 Å². The number of hydrogen-bond acceptors (Lipinski definition) is 3. The lowest BCUT2D eigenvalue weighted by Gasteiger charge is -2.28. The fourth-order valence-electron chi connectivity index (χ4n) is 2.94. The monoisotopic (exact) mass is 274 g/mol. The van der Waals surface area contributed by atoms with Gasteiger partial charge in [0.15, 0.2) is 5.78 Å². The van der Waals surface area contributed by atoms with Crippen LogP contribution in [0.15, 0.2) is 30.3 Å². The van der Waals surface area contributed by atoms with Crippen LogP contribution in [0.2, 0.25) is 0 Å². The van der Waals surface area contributed by atoms with E-state index in [-0.39, 0.29) is 23.9 Å². The summed E-state index contributed by atoms with van der Waals surface area (Å²) in [6.07, 6.45) is 1.55. The molecule has 0 aliphatic carbocycles. The Balaban J connectivity index is 1.67. The molecule has 2 heterocycles. The zero-order valence-electron chi connectivity index (χ0n) is 11.5. The topological polar surface area (TPSA) is 49.9 Å². The van der Waals surface area contributed by atoms with Gasteiger partial charge in [-0.1, -0.05) is 30.3 Å². The minimum Gasteiger partial charge on any atom is -0.311 e. The molecule has 0 saturated carbocycles. The second-order valence-corrected chi connectivity index (χ2v) is 5.38. The number of amides is 2. The molecule has 0 aromatic heterocycles. The van der Waals surface area contributed by atoms with Crippen molar-refractivity contribution in [3.8, 4) is 0 Å². The van der Waals surface area contributed by atoms with Crippen LogP contribution in [0.5, 0.6) is 0 Å². The molecule has 2 fully saturated rings. The average Bonchev–Trinajstić information content (AvgIpc) is 2.70. The number of carbonyl (C=O) groups is 2. The number of nitrogens with zero attached hydrogens (tertiary/aromatic N) is 2. The molecule has 5 heteroatoms. The van der Waals surface area contributed by atoms with E-state index < -0.39 is 0 Å². The van der Waals surface area contributed by atoms with Gasteiger partial charge >= 0.3 is 6.03 Å². The molecule has 5 nitrogen and oxygen atoms in total. The maximum atomic E-state index is 12.3. The molecule has 0 spiro atoms. The molecule has 3 rings (SSSR count). The zero-order valence-corrected chi connectivity index (χ0v) is 11.5. The smallest absolute Gasteiger partial charge is 0.311 e. The molecule has 1 aromatic carbocycles. The summed E-state index contributed by atoms with van der Waals surface area (Å²) in [5.41, 5.74) is 1.03. The van der Waals surface area contributed by atoms with Gasteiger partial charge in [-0.2, -0.15) is 5.06 Å². The van der Waals surface area contributed by atoms with E-state index in [0.717, 1.165) is 18.4 Å². The third-order valence-electron chi connectivity index (χ3n) is 4.01. The Kier molecular flexibility index (Phi) is 3.44. The van der Waals surface area contributed by atoms with Crippen LogP contribution < -0.4 is 0 Å². The summed E-state index contributed by atoms with van der Waals surface area (Å²) in [6.45, 7) is 2.52. The normalized spacial score (nSPS) is 25.1. The van der Waals surface area contributed by atoms with E-state index in [0.29, 0.717) is 13.2 Å². The van der Waals surface area contributed by atoms with Gasteiger partial charge in [0.25, 0.3) is 0 Å². The van der Waals surface area contributed by atoms with Crippen molar-refractivity contribution in [2.45, 2.75) is 38.5 Å². The lowest BCUT2D eigenvalue weighted by molar-refractivity contribution is -0.140. The van der Waals surface area contributed by atoms with Gasteiger partial charge in [-0.25, -0.2) is 4.79 Å². The van der Waals surface area contributed by atoms with Crippen LogP contribution in [-0.2, 0) is 16.2 Å². The van der Waals surface area contributed by atoms with Gasteiger partial charge in [0.1, 0.15) is 6.61 Å². The second-order valence-electron chi connectivity index (χ2n) is 5.38. The Morgan fingerprint density at radius 1 is 1.30 bits per heavy atom. The molecule has 1 aromatic rings. The van der Waals surface area contributed by atoms with Crippen molar-refractivity contribution in [1.29, 1.82) is 0 Å². The van der Waals surface area contributed by atoms with E-state index in [9.17, 15) is 9.59 Å². The van der Waals surface area contributed by atoms with E-state index >= 15 is 0 Å². The summed E-state index contributed by atoms with van der Waals surface area (Å²) < 4.78 is 0. The maximum Gasteiger partial charge on any atom is 0.344 e. The Bertz CT molecular complexity index is 517. The molecule has 106 valence electrons. The quantitative estimate of drug-likeness (QED) is 0.843. The van der Waals surface area contributed by atoms with Crippen LogP contribution in [0.1, 0.15) is 25.3 Å². The number of hydrogen-bond donors (Lipinski definition) is 0. The number of ketones is 1.